The maximum absolute atomic E-state index is 12.0. The van der Waals surface area contributed by atoms with E-state index in [-0.39, 0.29) is 24.4 Å². The van der Waals surface area contributed by atoms with Crippen LogP contribution >= 0.6 is 12.6 Å². The molecule has 0 radical (unpaired) electrons. The van der Waals surface area contributed by atoms with E-state index in [4.69, 9.17) is 5.73 Å². The number of carbonyl (C=O) groups excluding carboxylic acids is 4. The number of rotatable bonds is 9. The third-order valence-electron chi connectivity index (χ3n) is 2.67. The van der Waals surface area contributed by atoms with Crippen molar-refractivity contribution in [3.8, 4) is 0 Å². The predicted octanol–water partition coefficient (Wildman–Crippen LogP) is -1.88. The number of nitrogens with one attached hydrogen (secondary N) is 2. The molecule has 0 bridgehead atoms. The largest absolute Gasteiger partial charge is 0.391 e. The summed E-state index contributed by atoms with van der Waals surface area (Å²) in [6, 6.07) is -2.28. The van der Waals surface area contributed by atoms with Crippen LogP contribution in [0.3, 0.4) is 0 Å². The summed E-state index contributed by atoms with van der Waals surface area (Å²) in [7, 11) is 0. The molecule has 0 aromatic rings. The molecule has 5 N–H and O–H groups in total. The molecule has 3 atom stereocenters. The maximum Gasteiger partial charge on any atom is 0.245 e. The van der Waals surface area contributed by atoms with Crippen molar-refractivity contribution in [2.24, 2.45) is 5.73 Å². The second-order valence-electron chi connectivity index (χ2n) is 4.65. The summed E-state index contributed by atoms with van der Waals surface area (Å²) < 4.78 is 0. The fraction of sp³-hybridized carbons (Fsp3) is 0.667. The molecule has 21 heavy (non-hydrogen) atoms. The topological polar surface area (TPSA) is 139 Å². The van der Waals surface area contributed by atoms with Crippen molar-refractivity contribution in [2.45, 2.75) is 44.9 Å². The van der Waals surface area contributed by atoms with Gasteiger partial charge in [0.15, 0.2) is 0 Å². The van der Waals surface area contributed by atoms with Gasteiger partial charge in [0.1, 0.15) is 17.9 Å². The highest BCUT2D eigenvalue weighted by Gasteiger charge is 2.28. The van der Waals surface area contributed by atoms with E-state index in [1.54, 1.807) is 0 Å². The van der Waals surface area contributed by atoms with Crippen molar-refractivity contribution >= 4 is 36.1 Å². The highest BCUT2D eigenvalue weighted by Crippen LogP contribution is 2.01. The minimum atomic E-state index is -1.23. The molecule has 0 aromatic carbocycles. The summed E-state index contributed by atoms with van der Waals surface area (Å²) in [5, 5.41) is 14.1. The number of hydrogen-bond acceptors (Lipinski definition) is 6. The normalized spacial score (nSPS) is 14.7. The summed E-state index contributed by atoms with van der Waals surface area (Å²) >= 11 is 3.75. The van der Waals surface area contributed by atoms with Gasteiger partial charge in [-0.1, -0.05) is 0 Å². The summed E-state index contributed by atoms with van der Waals surface area (Å²) in [6.45, 7) is 2.67. The number of ketones is 1. The van der Waals surface area contributed by atoms with Gasteiger partial charge in [0, 0.05) is 6.42 Å². The molecule has 3 amide bonds. The van der Waals surface area contributed by atoms with E-state index in [2.05, 4.69) is 23.3 Å². The van der Waals surface area contributed by atoms with Gasteiger partial charge in [-0.05, 0) is 20.3 Å². The molecule has 0 aromatic heterocycles. The van der Waals surface area contributed by atoms with E-state index < -0.39 is 35.9 Å². The third-order valence-corrected chi connectivity index (χ3v) is 2.96. The molecular weight excluding hydrogens is 298 g/mol. The number of hydrogen-bond donors (Lipinski definition) is 5. The van der Waals surface area contributed by atoms with Gasteiger partial charge >= 0.3 is 0 Å². The van der Waals surface area contributed by atoms with E-state index >= 15 is 0 Å². The van der Waals surface area contributed by atoms with Crippen LogP contribution in [0.2, 0.25) is 0 Å². The average Bonchev–Trinajstić information content (AvgIpc) is 2.38. The lowest BCUT2D eigenvalue weighted by Gasteiger charge is -2.23. The molecule has 0 aliphatic rings. The number of thiol groups is 1. The lowest BCUT2D eigenvalue weighted by molar-refractivity contribution is -0.133. The maximum atomic E-state index is 12.0. The van der Waals surface area contributed by atoms with E-state index in [1.165, 1.54) is 13.8 Å². The Morgan fingerprint density at radius 3 is 2.19 bits per heavy atom. The molecule has 8 nitrogen and oxygen atoms in total. The van der Waals surface area contributed by atoms with Crippen LogP contribution in [0.1, 0.15) is 26.7 Å². The van der Waals surface area contributed by atoms with Crippen molar-refractivity contribution < 1.29 is 24.3 Å². The van der Waals surface area contributed by atoms with Gasteiger partial charge in [-0.15, -0.1) is 0 Å². The smallest absolute Gasteiger partial charge is 0.245 e. The Balaban J connectivity index is 4.79. The molecule has 0 rings (SSSR count). The fourth-order valence-electron chi connectivity index (χ4n) is 1.52. The van der Waals surface area contributed by atoms with Crippen LogP contribution in [0, 0.1) is 0 Å². The van der Waals surface area contributed by atoms with Crippen molar-refractivity contribution in [1.82, 2.24) is 10.6 Å². The molecule has 0 aliphatic carbocycles. The zero-order valence-electron chi connectivity index (χ0n) is 12.0. The highest BCUT2D eigenvalue weighted by molar-refractivity contribution is 7.81. The predicted molar refractivity (Wildman–Crippen MR) is 78.5 cm³/mol. The minimum Gasteiger partial charge on any atom is -0.391 e. The van der Waals surface area contributed by atoms with Gasteiger partial charge in [-0.3, -0.25) is 14.4 Å². The van der Waals surface area contributed by atoms with Crippen LogP contribution in [0.15, 0.2) is 0 Å². The SMILES string of the molecule is CC(=O)CC[C@H](NC(=O)[C@@H](NC(=O)CS)[C@@H](C)O)C(N)=O. The number of aliphatic hydroxyl groups excluding tert-OH is 1. The second kappa shape index (κ2) is 9.35. The lowest BCUT2D eigenvalue weighted by atomic mass is 10.1. The summed E-state index contributed by atoms with van der Waals surface area (Å²) in [5.41, 5.74) is 5.15. The minimum absolute atomic E-state index is 0.0590. The molecule has 9 heteroatoms. The first-order chi connectivity index (χ1) is 9.68. The Kier molecular flexibility index (Phi) is 8.63. The monoisotopic (exact) mass is 319 g/mol. The van der Waals surface area contributed by atoms with Crippen LogP contribution in [0.25, 0.3) is 0 Å². The van der Waals surface area contributed by atoms with Crippen LogP contribution in [0.4, 0.5) is 0 Å². The van der Waals surface area contributed by atoms with Crippen molar-refractivity contribution in [1.29, 1.82) is 0 Å². The standard InChI is InChI=1S/C12H21N3O5S/c1-6(16)3-4-8(11(13)19)14-12(20)10(7(2)17)15-9(18)5-21/h7-8,10,17,21H,3-5H2,1-2H3,(H2,13,19)(H,14,20)(H,15,18)/t7-,8+,10+/m1/s1. The summed E-state index contributed by atoms with van der Waals surface area (Å²) in [4.78, 5) is 45.4. The number of nitrogens with two attached hydrogens (primary N) is 1. The van der Waals surface area contributed by atoms with Crippen molar-refractivity contribution in [3.05, 3.63) is 0 Å². The van der Waals surface area contributed by atoms with Crippen LogP contribution < -0.4 is 16.4 Å². The van der Waals surface area contributed by atoms with Gasteiger partial charge in [-0.2, -0.15) is 12.6 Å². The van der Waals surface area contributed by atoms with Gasteiger partial charge in [0.25, 0.3) is 0 Å². The van der Waals surface area contributed by atoms with Gasteiger partial charge in [-0.25, -0.2) is 0 Å². The quantitative estimate of drug-likeness (QED) is 0.317. The van der Waals surface area contributed by atoms with Crippen LogP contribution in [0.5, 0.6) is 0 Å². The zero-order chi connectivity index (χ0) is 16.6. The summed E-state index contributed by atoms with van der Waals surface area (Å²) in [6.07, 6.45) is -1.03. The Morgan fingerprint density at radius 1 is 1.24 bits per heavy atom. The second-order valence-corrected chi connectivity index (χ2v) is 4.96. The van der Waals surface area contributed by atoms with Gasteiger partial charge < -0.3 is 26.3 Å². The Bertz CT molecular complexity index is 414. The molecule has 0 unspecified atom stereocenters. The molecule has 120 valence electrons. The molecular formula is C12H21N3O5S. The molecule has 0 aliphatic heterocycles. The fourth-order valence-corrected chi connectivity index (χ4v) is 1.61. The van der Waals surface area contributed by atoms with Crippen molar-refractivity contribution in [3.63, 3.8) is 0 Å². The van der Waals surface area contributed by atoms with E-state index in [1.807, 2.05) is 0 Å². The molecule has 0 saturated carbocycles. The van der Waals surface area contributed by atoms with Crippen molar-refractivity contribution in [2.75, 3.05) is 5.75 Å². The van der Waals surface area contributed by atoms with Gasteiger partial charge in [0.05, 0.1) is 11.9 Å². The Labute approximate surface area is 128 Å². The number of amides is 3. The number of Topliss-reactive ketones (excluding diaryl/α,β-unsaturated/α-hetero) is 1. The number of carbonyl (C=O) groups is 4. The Hall–Kier alpha value is -1.61. The van der Waals surface area contributed by atoms with E-state index in [0.717, 1.165) is 0 Å². The van der Waals surface area contributed by atoms with E-state index in [0.29, 0.717) is 0 Å². The van der Waals surface area contributed by atoms with Crippen LogP contribution in [-0.4, -0.2) is 52.6 Å². The highest BCUT2D eigenvalue weighted by atomic mass is 32.1. The lowest BCUT2D eigenvalue weighted by Crippen LogP contribution is -2.56. The van der Waals surface area contributed by atoms with Crippen LogP contribution in [-0.2, 0) is 19.2 Å². The number of aliphatic hydroxyl groups is 1. The number of primary amides is 1. The first-order valence-electron chi connectivity index (χ1n) is 6.36. The third kappa shape index (κ3) is 7.66. The summed E-state index contributed by atoms with van der Waals surface area (Å²) in [5.74, 6) is -2.40. The molecule has 0 spiro atoms. The van der Waals surface area contributed by atoms with E-state index in [9.17, 15) is 24.3 Å². The molecule has 0 fully saturated rings. The average molecular weight is 319 g/mol. The Morgan fingerprint density at radius 2 is 1.81 bits per heavy atom. The molecule has 0 heterocycles. The van der Waals surface area contributed by atoms with Gasteiger partial charge in [0.2, 0.25) is 17.7 Å². The molecule has 0 saturated heterocycles. The zero-order valence-corrected chi connectivity index (χ0v) is 12.9. The first kappa shape index (κ1) is 19.4. The first-order valence-corrected chi connectivity index (χ1v) is 6.99.